The van der Waals surface area contributed by atoms with Crippen molar-refractivity contribution in [3.05, 3.63) is 24.2 Å². The Labute approximate surface area is 99.6 Å². The number of fused-ring (bicyclic) bond motifs is 1. The van der Waals surface area contributed by atoms with Gasteiger partial charge in [-0.05, 0) is 31.4 Å². The summed E-state index contributed by atoms with van der Waals surface area (Å²) < 4.78 is 7.82. The van der Waals surface area contributed by atoms with E-state index >= 15 is 0 Å². The molecule has 2 aromatic rings. The maximum atomic E-state index is 5.98. The summed E-state index contributed by atoms with van der Waals surface area (Å²) in [5.41, 5.74) is 7.74. The molecule has 1 aliphatic heterocycles. The van der Waals surface area contributed by atoms with Gasteiger partial charge in [-0.1, -0.05) is 6.92 Å². The fraction of sp³-hybridized carbons (Fsp3) is 0.500. The normalized spacial score (nSPS) is 24.5. The van der Waals surface area contributed by atoms with E-state index < -0.39 is 0 Å². The summed E-state index contributed by atoms with van der Waals surface area (Å²) in [5.74, 6) is 0.510. The highest BCUT2D eigenvalue weighted by atomic mass is 16.5. The van der Waals surface area contributed by atoms with Crippen LogP contribution in [0.3, 0.4) is 0 Å². The Bertz CT molecular complexity index is 536. The molecule has 5 nitrogen and oxygen atoms in total. The second-order valence-corrected chi connectivity index (χ2v) is 4.43. The lowest BCUT2D eigenvalue weighted by molar-refractivity contribution is 0.0395. The maximum Gasteiger partial charge on any atom is 0.151 e. The predicted octanol–water partition coefficient (Wildman–Crippen LogP) is 1.94. The minimum absolute atomic E-state index is 0.136. The first-order valence-corrected chi connectivity index (χ1v) is 6.03. The zero-order valence-electron chi connectivity index (χ0n) is 9.84. The first-order chi connectivity index (χ1) is 8.29. The average molecular weight is 232 g/mol. The van der Waals surface area contributed by atoms with Crippen molar-refractivity contribution >= 4 is 11.3 Å². The van der Waals surface area contributed by atoms with Crippen molar-refractivity contribution in [2.75, 3.05) is 5.73 Å². The molecule has 3 rings (SSSR count). The van der Waals surface area contributed by atoms with Gasteiger partial charge < -0.3 is 10.5 Å². The lowest BCUT2D eigenvalue weighted by atomic mass is 10.1. The van der Waals surface area contributed by atoms with E-state index in [-0.39, 0.29) is 6.10 Å². The molecule has 0 bridgehead atoms. The van der Waals surface area contributed by atoms with Crippen LogP contribution < -0.4 is 5.73 Å². The number of nitrogens with two attached hydrogens (primary N) is 1. The monoisotopic (exact) mass is 232 g/mol. The second kappa shape index (κ2) is 4.00. The zero-order chi connectivity index (χ0) is 11.8. The standard InChI is InChI=1S/C12H16N4O/c1-2-8-3-6-11(17-8)9-4-5-10-12(13)14-7-15-16(9)10/h4-5,7-8,11H,2-3,6H2,1H3,(H2,13,14,15)/t8?,11-/m1/s1. The van der Waals surface area contributed by atoms with Gasteiger partial charge in [-0.3, -0.25) is 0 Å². The third kappa shape index (κ3) is 1.67. The third-order valence-corrected chi connectivity index (χ3v) is 3.40. The van der Waals surface area contributed by atoms with Gasteiger partial charge in [0.2, 0.25) is 0 Å². The van der Waals surface area contributed by atoms with Crippen LogP contribution in [0.4, 0.5) is 5.82 Å². The van der Waals surface area contributed by atoms with Crippen molar-refractivity contribution in [1.82, 2.24) is 14.6 Å². The van der Waals surface area contributed by atoms with E-state index in [0.717, 1.165) is 30.5 Å². The topological polar surface area (TPSA) is 65.4 Å². The van der Waals surface area contributed by atoms with Gasteiger partial charge in [0, 0.05) is 0 Å². The second-order valence-electron chi connectivity index (χ2n) is 4.43. The largest absolute Gasteiger partial charge is 0.382 e. The van der Waals surface area contributed by atoms with Gasteiger partial charge >= 0.3 is 0 Å². The van der Waals surface area contributed by atoms with Crippen molar-refractivity contribution in [3.8, 4) is 0 Å². The van der Waals surface area contributed by atoms with E-state index in [1.165, 1.54) is 6.33 Å². The molecule has 1 fully saturated rings. The Hall–Kier alpha value is -1.62. The van der Waals surface area contributed by atoms with E-state index in [1.807, 2.05) is 16.6 Å². The van der Waals surface area contributed by atoms with E-state index in [4.69, 9.17) is 10.5 Å². The molecule has 1 saturated heterocycles. The van der Waals surface area contributed by atoms with Crippen LogP contribution in [0.2, 0.25) is 0 Å². The zero-order valence-corrected chi connectivity index (χ0v) is 9.84. The van der Waals surface area contributed by atoms with Gasteiger partial charge in [-0.15, -0.1) is 0 Å². The van der Waals surface area contributed by atoms with Gasteiger partial charge in [0.05, 0.1) is 17.9 Å². The molecule has 0 aromatic carbocycles. The molecule has 1 unspecified atom stereocenters. The van der Waals surface area contributed by atoms with Crippen molar-refractivity contribution in [3.63, 3.8) is 0 Å². The molecule has 0 radical (unpaired) electrons. The molecular formula is C12H16N4O. The molecular weight excluding hydrogens is 216 g/mol. The van der Waals surface area contributed by atoms with Gasteiger partial charge in [0.15, 0.2) is 5.82 Å². The fourth-order valence-corrected chi connectivity index (χ4v) is 2.44. The van der Waals surface area contributed by atoms with Crippen LogP contribution in [-0.2, 0) is 4.74 Å². The van der Waals surface area contributed by atoms with Gasteiger partial charge in [-0.25, -0.2) is 9.50 Å². The Morgan fingerprint density at radius 1 is 1.47 bits per heavy atom. The summed E-state index contributed by atoms with van der Waals surface area (Å²) in [6.45, 7) is 2.16. The number of ether oxygens (including phenoxy) is 1. The van der Waals surface area contributed by atoms with Crippen LogP contribution in [-0.4, -0.2) is 20.7 Å². The Morgan fingerprint density at radius 2 is 2.35 bits per heavy atom. The summed E-state index contributed by atoms with van der Waals surface area (Å²) in [5, 5.41) is 4.24. The number of aromatic nitrogens is 3. The number of anilines is 1. The molecule has 0 aliphatic carbocycles. The SMILES string of the molecule is CCC1CC[C@H](c2ccc3c(N)ncnn23)O1. The molecule has 0 amide bonds. The molecule has 1 aliphatic rings. The van der Waals surface area contributed by atoms with Gasteiger partial charge in [0.1, 0.15) is 11.8 Å². The van der Waals surface area contributed by atoms with Crippen LogP contribution in [0.1, 0.15) is 38.0 Å². The lowest BCUT2D eigenvalue weighted by Gasteiger charge is -2.12. The highest BCUT2D eigenvalue weighted by Crippen LogP contribution is 2.34. The first kappa shape index (κ1) is 10.5. The molecule has 2 N–H and O–H groups in total. The van der Waals surface area contributed by atoms with Crippen molar-refractivity contribution in [2.45, 2.75) is 38.4 Å². The molecule has 5 heteroatoms. The Kier molecular flexibility index (Phi) is 2.48. The summed E-state index contributed by atoms with van der Waals surface area (Å²) in [4.78, 5) is 3.98. The highest BCUT2D eigenvalue weighted by Gasteiger charge is 2.27. The first-order valence-electron chi connectivity index (χ1n) is 6.03. The van der Waals surface area contributed by atoms with Crippen LogP contribution in [0.5, 0.6) is 0 Å². The van der Waals surface area contributed by atoms with Gasteiger partial charge in [-0.2, -0.15) is 5.10 Å². The van der Waals surface area contributed by atoms with Crippen molar-refractivity contribution < 1.29 is 4.74 Å². The number of hydrogen-bond donors (Lipinski definition) is 1. The van der Waals surface area contributed by atoms with Crippen LogP contribution in [0.15, 0.2) is 18.5 Å². The number of hydrogen-bond acceptors (Lipinski definition) is 4. The quantitative estimate of drug-likeness (QED) is 0.859. The molecule has 3 heterocycles. The van der Waals surface area contributed by atoms with Crippen LogP contribution >= 0.6 is 0 Å². The predicted molar refractivity (Wildman–Crippen MR) is 64.5 cm³/mol. The number of nitrogen functional groups attached to an aromatic ring is 1. The Balaban J connectivity index is 1.99. The molecule has 0 spiro atoms. The van der Waals surface area contributed by atoms with Crippen molar-refractivity contribution in [2.24, 2.45) is 0 Å². The van der Waals surface area contributed by atoms with Crippen molar-refractivity contribution in [1.29, 1.82) is 0 Å². The summed E-state index contributed by atoms with van der Waals surface area (Å²) in [6.07, 6.45) is 5.24. The van der Waals surface area contributed by atoms with E-state index in [9.17, 15) is 0 Å². The molecule has 90 valence electrons. The molecule has 0 saturated carbocycles. The molecule has 2 atom stereocenters. The summed E-state index contributed by atoms with van der Waals surface area (Å²) >= 11 is 0. The van der Waals surface area contributed by atoms with Crippen LogP contribution in [0, 0.1) is 0 Å². The smallest absolute Gasteiger partial charge is 0.151 e. The van der Waals surface area contributed by atoms with E-state index in [0.29, 0.717) is 11.9 Å². The fourth-order valence-electron chi connectivity index (χ4n) is 2.44. The average Bonchev–Trinajstić information content (AvgIpc) is 2.94. The summed E-state index contributed by atoms with van der Waals surface area (Å²) in [6, 6.07) is 3.98. The van der Waals surface area contributed by atoms with Gasteiger partial charge in [0.25, 0.3) is 0 Å². The number of rotatable bonds is 2. The lowest BCUT2D eigenvalue weighted by Crippen LogP contribution is -2.08. The third-order valence-electron chi connectivity index (χ3n) is 3.40. The van der Waals surface area contributed by atoms with Crippen LogP contribution in [0.25, 0.3) is 5.52 Å². The summed E-state index contributed by atoms with van der Waals surface area (Å²) in [7, 11) is 0. The minimum Gasteiger partial charge on any atom is -0.382 e. The maximum absolute atomic E-state index is 5.98. The highest BCUT2D eigenvalue weighted by molar-refractivity contribution is 5.65. The minimum atomic E-state index is 0.136. The number of nitrogens with zero attached hydrogens (tertiary/aromatic N) is 3. The Morgan fingerprint density at radius 3 is 3.12 bits per heavy atom. The van der Waals surface area contributed by atoms with E-state index in [2.05, 4.69) is 17.0 Å². The molecule has 17 heavy (non-hydrogen) atoms. The van der Waals surface area contributed by atoms with E-state index in [1.54, 1.807) is 0 Å². The molecule has 2 aromatic heterocycles.